The summed E-state index contributed by atoms with van der Waals surface area (Å²) in [7, 11) is -4.88. The van der Waals surface area contributed by atoms with Crippen LogP contribution in [0.4, 0.5) is 13.2 Å². The monoisotopic (exact) mass is 378 g/mol. The average molecular weight is 378 g/mol. The fourth-order valence-corrected chi connectivity index (χ4v) is 3.51. The predicted octanol–water partition coefficient (Wildman–Crippen LogP) is 1.43. The summed E-state index contributed by atoms with van der Waals surface area (Å²) >= 11 is 0. The van der Waals surface area contributed by atoms with E-state index in [2.05, 4.69) is 4.52 Å². The molecule has 5 N–H and O–H groups in total. The Labute approximate surface area is 137 Å². The van der Waals surface area contributed by atoms with Gasteiger partial charge in [-0.05, 0) is 31.7 Å². The van der Waals surface area contributed by atoms with Crippen LogP contribution in [0.25, 0.3) is 0 Å². The van der Waals surface area contributed by atoms with Gasteiger partial charge in [0.1, 0.15) is 5.78 Å². The largest absolute Gasteiger partial charge is 0.479 e. The first-order chi connectivity index (χ1) is 10.8. The SMILES string of the molecule is CC(C)[C@@H](NC(=O)C(F)(F)F)P(=O)(O)OC(CCCCN)C(=O)O. The van der Waals surface area contributed by atoms with Crippen LogP contribution >= 0.6 is 7.60 Å². The summed E-state index contributed by atoms with van der Waals surface area (Å²) < 4.78 is 53.9. The Balaban J connectivity index is 5.19. The molecule has 0 aromatic heterocycles. The molecule has 0 heterocycles. The number of halogens is 3. The molecule has 0 radical (unpaired) electrons. The van der Waals surface area contributed by atoms with Gasteiger partial charge in [0.25, 0.3) is 0 Å². The number of unbranched alkanes of at least 4 members (excludes halogenated alkanes) is 1. The van der Waals surface area contributed by atoms with Gasteiger partial charge in [0.2, 0.25) is 0 Å². The average Bonchev–Trinajstić information content (AvgIpc) is 2.41. The molecule has 24 heavy (non-hydrogen) atoms. The van der Waals surface area contributed by atoms with Crippen molar-refractivity contribution >= 4 is 19.5 Å². The molecule has 142 valence electrons. The third-order valence-electron chi connectivity index (χ3n) is 2.99. The first-order valence-corrected chi connectivity index (χ1v) is 8.79. The molecule has 0 rings (SSSR count). The van der Waals surface area contributed by atoms with Crippen LogP contribution in [0.2, 0.25) is 0 Å². The number of nitrogens with one attached hydrogen (secondary N) is 1. The highest BCUT2D eigenvalue weighted by atomic mass is 31.2. The zero-order chi connectivity index (χ0) is 19.1. The number of carboxylic acids is 1. The smallest absolute Gasteiger partial charge is 0.471 e. The van der Waals surface area contributed by atoms with Gasteiger partial charge >= 0.3 is 25.6 Å². The van der Waals surface area contributed by atoms with Gasteiger partial charge in [0.05, 0.1) is 0 Å². The molecule has 0 saturated heterocycles. The lowest BCUT2D eigenvalue weighted by Crippen LogP contribution is -2.46. The Hall–Kier alpha value is -1.16. The standard InChI is InChI=1S/C12H22F3N2O6P/c1-7(2)9(17-11(20)12(13,14)15)24(21,22)23-8(10(18)19)5-3-4-6-16/h7-9H,3-6,16H2,1-2H3,(H,17,20)(H,18,19)(H,21,22)/t8?,9-/m0/s1. The van der Waals surface area contributed by atoms with E-state index in [4.69, 9.17) is 10.8 Å². The van der Waals surface area contributed by atoms with Crippen LogP contribution in [0, 0.1) is 5.92 Å². The van der Waals surface area contributed by atoms with Gasteiger partial charge < -0.3 is 21.1 Å². The number of aliphatic carboxylic acids is 1. The Bertz CT molecular complexity index is 486. The second kappa shape index (κ2) is 9.36. The molecule has 0 saturated carbocycles. The Morgan fingerprint density at radius 3 is 2.21 bits per heavy atom. The van der Waals surface area contributed by atoms with Gasteiger partial charge in [-0.1, -0.05) is 13.8 Å². The summed E-state index contributed by atoms with van der Waals surface area (Å²) in [6, 6.07) is 0. The van der Waals surface area contributed by atoms with Crippen molar-refractivity contribution in [3.05, 3.63) is 0 Å². The molecule has 0 aliphatic heterocycles. The second-order valence-electron chi connectivity index (χ2n) is 5.44. The van der Waals surface area contributed by atoms with Gasteiger partial charge in [-0.2, -0.15) is 13.2 Å². The molecule has 0 aromatic rings. The van der Waals surface area contributed by atoms with Crippen molar-refractivity contribution in [2.24, 2.45) is 11.7 Å². The number of nitrogens with two attached hydrogens (primary N) is 1. The van der Waals surface area contributed by atoms with Crippen molar-refractivity contribution in [1.82, 2.24) is 5.32 Å². The van der Waals surface area contributed by atoms with Crippen LogP contribution in [-0.2, 0) is 18.7 Å². The number of alkyl halides is 3. The highest BCUT2D eigenvalue weighted by Gasteiger charge is 2.46. The molecule has 2 unspecified atom stereocenters. The number of amides is 1. The summed E-state index contributed by atoms with van der Waals surface area (Å²) in [5.74, 6) is -6.76. The van der Waals surface area contributed by atoms with E-state index in [1.165, 1.54) is 19.2 Å². The summed E-state index contributed by atoms with van der Waals surface area (Å²) in [6.45, 7) is 2.86. The van der Waals surface area contributed by atoms with Gasteiger partial charge in [0.15, 0.2) is 6.10 Å². The lowest BCUT2D eigenvalue weighted by Gasteiger charge is -2.28. The summed E-state index contributed by atoms with van der Waals surface area (Å²) in [5.41, 5.74) is 5.26. The van der Waals surface area contributed by atoms with Crippen molar-refractivity contribution in [2.75, 3.05) is 6.54 Å². The first-order valence-electron chi connectivity index (χ1n) is 7.14. The third kappa shape index (κ3) is 7.61. The van der Waals surface area contributed by atoms with Crippen molar-refractivity contribution in [1.29, 1.82) is 0 Å². The van der Waals surface area contributed by atoms with E-state index in [-0.39, 0.29) is 19.4 Å². The Morgan fingerprint density at radius 1 is 1.29 bits per heavy atom. The Kier molecular flexibility index (Phi) is 8.90. The molecule has 12 heteroatoms. The fraction of sp³-hybridized carbons (Fsp3) is 0.833. The highest BCUT2D eigenvalue weighted by molar-refractivity contribution is 7.53. The van der Waals surface area contributed by atoms with Gasteiger partial charge in [-0.25, -0.2) is 4.79 Å². The minimum Gasteiger partial charge on any atom is -0.479 e. The number of carbonyl (C=O) groups excluding carboxylic acids is 1. The Morgan fingerprint density at radius 2 is 1.83 bits per heavy atom. The van der Waals surface area contributed by atoms with Crippen molar-refractivity contribution in [3.8, 4) is 0 Å². The second-order valence-corrected chi connectivity index (χ2v) is 7.34. The molecule has 0 aromatic carbocycles. The molecule has 0 spiro atoms. The summed E-state index contributed by atoms with van der Waals surface area (Å²) in [6.07, 6.45) is -6.36. The molecule has 1 amide bonds. The number of rotatable bonds is 10. The van der Waals surface area contributed by atoms with E-state index in [1.807, 2.05) is 0 Å². The molecule has 8 nitrogen and oxygen atoms in total. The molecule has 3 atom stereocenters. The molecule has 0 bridgehead atoms. The predicted molar refractivity (Wildman–Crippen MR) is 78.1 cm³/mol. The van der Waals surface area contributed by atoms with Gasteiger partial charge in [0, 0.05) is 0 Å². The van der Waals surface area contributed by atoms with Crippen LogP contribution in [-0.4, -0.2) is 46.5 Å². The van der Waals surface area contributed by atoms with E-state index in [1.54, 1.807) is 0 Å². The van der Waals surface area contributed by atoms with Crippen LogP contribution in [0.1, 0.15) is 33.1 Å². The maximum Gasteiger partial charge on any atom is 0.471 e. The molecular formula is C12H22F3N2O6P. The van der Waals surface area contributed by atoms with E-state index in [9.17, 15) is 32.2 Å². The van der Waals surface area contributed by atoms with Gasteiger partial charge in [-0.3, -0.25) is 13.9 Å². The molecular weight excluding hydrogens is 356 g/mol. The van der Waals surface area contributed by atoms with Crippen LogP contribution in [0.3, 0.4) is 0 Å². The van der Waals surface area contributed by atoms with E-state index >= 15 is 0 Å². The summed E-state index contributed by atoms with van der Waals surface area (Å²) in [4.78, 5) is 32.0. The number of hydrogen-bond acceptors (Lipinski definition) is 5. The van der Waals surface area contributed by atoms with Crippen LogP contribution in [0.15, 0.2) is 0 Å². The number of carbonyl (C=O) groups is 2. The quantitative estimate of drug-likeness (QED) is 0.333. The zero-order valence-corrected chi connectivity index (χ0v) is 14.1. The minimum atomic E-state index is -5.25. The maximum atomic E-state index is 12.3. The zero-order valence-electron chi connectivity index (χ0n) is 13.2. The maximum absolute atomic E-state index is 12.3. The lowest BCUT2D eigenvalue weighted by atomic mass is 10.1. The van der Waals surface area contributed by atoms with Crippen molar-refractivity contribution < 1.29 is 41.8 Å². The van der Waals surface area contributed by atoms with E-state index in [0.717, 1.165) is 0 Å². The third-order valence-corrected chi connectivity index (χ3v) is 4.98. The van der Waals surface area contributed by atoms with E-state index in [0.29, 0.717) is 6.42 Å². The molecule has 0 aliphatic rings. The highest BCUT2D eigenvalue weighted by Crippen LogP contribution is 2.51. The van der Waals surface area contributed by atoms with Gasteiger partial charge in [-0.15, -0.1) is 0 Å². The summed E-state index contributed by atoms with van der Waals surface area (Å²) in [5, 5.41) is 10.4. The van der Waals surface area contributed by atoms with Crippen molar-refractivity contribution in [2.45, 2.75) is 51.2 Å². The minimum absolute atomic E-state index is 0.144. The molecule has 0 fully saturated rings. The van der Waals surface area contributed by atoms with Crippen molar-refractivity contribution in [3.63, 3.8) is 0 Å². The first kappa shape index (κ1) is 22.8. The fourth-order valence-electron chi connectivity index (χ4n) is 1.78. The van der Waals surface area contributed by atoms with Crippen LogP contribution in [0.5, 0.6) is 0 Å². The lowest BCUT2D eigenvalue weighted by molar-refractivity contribution is -0.174. The number of hydrogen-bond donors (Lipinski definition) is 4. The van der Waals surface area contributed by atoms with E-state index < -0.39 is 43.5 Å². The van der Waals surface area contributed by atoms with Crippen LogP contribution < -0.4 is 11.1 Å². The normalized spacial score (nSPS) is 17.2. The molecule has 0 aliphatic carbocycles. The number of carboxylic acid groups (broad SMARTS) is 1. The topological polar surface area (TPSA) is 139 Å².